The van der Waals surface area contributed by atoms with Gasteiger partial charge in [0, 0.05) is 50.8 Å². The molecule has 2 N–H and O–H groups in total. The van der Waals surface area contributed by atoms with Gasteiger partial charge < -0.3 is 10.6 Å². The molecule has 1 amide bonds. The van der Waals surface area contributed by atoms with Gasteiger partial charge in [0.25, 0.3) is 0 Å². The van der Waals surface area contributed by atoms with Crippen LogP contribution in [-0.4, -0.2) is 73.1 Å². The van der Waals surface area contributed by atoms with E-state index < -0.39 is 0 Å². The van der Waals surface area contributed by atoms with Gasteiger partial charge in [0.2, 0.25) is 5.91 Å². The van der Waals surface area contributed by atoms with E-state index in [4.69, 9.17) is 0 Å². The van der Waals surface area contributed by atoms with E-state index in [9.17, 15) is 4.79 Å². The molecule has 3 fully saturated rings. The molecule has 0 aromatic heterocycles. The summed E-state index contributed by atoms with van der Waals surface area (Å²) < 4.78 is 0. The highest BCUT2D eigenvalue weighted by molar-refractivity contribution is 5.77. The maximum absolute atomic E-state index is 11.4. The number of hydrogen-bond donors (Lipinski definition) is 2. The fourth-order valence-corrected chi connectivity index (χ4v) is 3.97. The van der Waals surface area contributed by atoms with Gasteiger partial charge in [0.05, 0.1) is 6.54 Å². The Balaban J connectivity index is 1.38. The molecule has 120 valence electrons. The summed E-state index contributed by atoms with van der Waals surface area (Å²) in [5.74, 6) is 0.131. The topological polar surface area (TPSA) is 47.6 Å². The van der Waals surface area contributed by atoms with Crippen LogP contribution in [0.3, 0.4) is 0 Å². The number of carbonyl (C=O) groups is 1. The summed E-state index contributed by atoms with van der Waals surface area (Å²) in [5, 5.41) is 6.59. The molecule has 2 aliphatic heterocycles. The number of amides is 1. The lowest BCUT2D eigenvalue weighted by molar-refractivity contribution is -0.122. The van der Waals surface area contributed by atoms with Crippen molar-refractivity contribution in [1.82, 2.24) is 20.4 Å². The molecule has 2 atom stereocenters. The van der Waals surface area contributed by atoms with Gasteiger partial charge in [-0.15, -0.1) is 0 Å². The lowest BCUT2D eigenvalue weighted by Crippen LogP contribution is -2.48. The first-order valence-electron chi connectivity index (χ1n) is 8.60. The molecule has 0 aromatic rings. The quantitative estimate of drug-likeness (QED) is 0.771. The maximum Gasteiger partial charge on any atom is 0.233 e. The predicted octanol–water partition coefficient (Wildman–Crippen LogP) is 0.412. The van der Waals surface area contributed by atoms with Crippen LogP contribution in [-0.2, 0) is 4.79 Å². The maximum atomic E-state index is 11.4. The van der Waals surface area contributed by atoms with Gasteiger partial charge in [-0.1, -0.05) is 0 Å². The van der Waals surface area contributed by atoms with Crippen molar-refractivity contribution < 1.29 is 4.79 Å². The smallest absolute Gasteiger partial charge is 0.233 e. The molecular weight excluding hydrogens is 264 g/mol. The van der Waals surface area contributed by atoms with E-state index >= 15 is 0 Å². The molecule has 2 unspecified atom stereocenters. The van der Waals surface area contributed by atoms with Crippen molar-refractivity contribution >= 4 is 5.91 Å². The fraction of sp³-hybridized carbons (Fsp3) is 0.938. The third-order valence-corrected chi connectivity index (χ3v) is 5.34. The number of rotatable bonds is 5. The number of hydrogen-bond acceptors (Lipinski definition) is 4. The summed E-state index contributed by atoms with van der Waals surface area (Å²) in [7, 11) is 1.71. The lowest BCUT2D eigenvalue weighted by atomic mass is 10.0. The first-order valence-corrected chi connectivity index (χ1v) is 8.60. The van der Waals surface area contributed by atoms with Crippen molar-refractivity contribution in [1.29, 1.82) is 0 Å². The second-order valence-electron chi connectivity index (χ2n) is 7.10. The Hall–Kier alpha value is -0.650. The number of likely N-dealkylation sites (N-methyl/N-ethyl adjacent to an activating group) is 1. The number of likely N-dealkylation sites (tertiary alicyclic amines) is 2. The SMILES string of the molecule is CNC(=O)CN1CCC(NC2CC(C)N(C3CC3)C2)CC1. The summed E-state index contributed by atoms with van der Waals surface area (Å²) in [6.45, 7) is 6.26. The zero-order chi connectivity index (χ0) is 14.8. The molecule has 0 bridgehead atoms. The largest absolute Gasteiger partial charge is 0.358 e. The van der Waals surface area contributed by atoms with E-state index in [1.807, 2.05) is 0 Å². The lowest BCUT2D eigenvalue weighted by Gasteiger charge is -2.33. The van der Waals surface area contributed by atoms with Crippen molar-refractivity contribution in [2.45, 2.75) is 63.2 Å². The molecule has 0 aromatic carbocycles. The number of carbonyl (C=O) groups excluding carboxylic acids is 1. The number of nitrogens with one attached hydrogen (secondary N) is 2. The highest BCUT2D eigenvalue weighted by Crippen LogP contribution is 2.33. The summed E-state index contributed by atoms with van der Waals surface area (Å²) in [6.07, 6.45) is 6.47. The Morgan fingerprint density at radius 2 is 1.86 bits per heavy atom. The molecule has 21 heavy (non-hydrogen) atoms. The predicted molar refractivity (Wildman–Crippen MR) is 84.3 cm³/mol. The van der Waals surface area contributed by atoms with Crippen LogP contribution in [0.15, 0.2) is 0 Å². The Bertz CT molecular complexity index is 363. The third kappa shape index (κ3) is 3.96. The fourth-order valence-electron chi connectivity index (χ4n) is 3.97. The standard InChI is InChI=1S/C16H30N4O/c1-12-9-14(10-20(12)15-3-4-15)18-13-5-7-19(8-6-13)11-16(21)17-2/h12-15,18H,3-11H2,1-2H3,(H,17,21). The van der Waals surface area contributed by atoms with Gasteiger partial charge in [0.15, 0.2) is 0 Å². The van der Waals surface area contributed by atoms with Crippen LogP contribution in [0.25, 0.3) is 0 Å². The molecule has 3 aliphatic rings. The first-order chi connectivity index (χ1) is 10.2. The summed E-state index contributed by atoms with van der Waals surface area (Å²) in [5.41, 5.74) is 0. The van der Waals surface area contributed by atoms with E-state index in [2.05, 4.69) is 27.4 Å². The van der Waals surface area contributed by atoms with E-state index in [1.54, 1.807) is 7.05 Å². The van der Waals surface area contributed by atoms with Crippen molar-refractivity contribution in [3.63, 3.8) is 0 Å². The molecule has 5 nitrogen and oxygen atoms in total. The van der Waals surface area contributed by atoms with Crippen molar-refractivity contribution in [3.8, 4) is 0 Å². The van der Waals surface area contributed by atoms with Gasteiger partial charge in [-0.25, -0.2) is 0 Å². The van der Waals surface area contributed by atoms with Crippen LogP contribution in [0, 0.1) is 0 Å². The van der Waals surface area contributed by atoms with Crippen molar-refractivity contribution in [2.24, 2.45) is 0 Å². The zero-order valence-electron chi connectivity index (χ0n) is 13.5. The Morgan fingerprint density at radius 1 is 1.14 bits per heavy atom. The Morgan fingerprint density at radius 3 is 2.48 bits per heavy atom. The van der Waals surface area contributed by atoms with E-state index in [1.165, 1.54) is 38.6 Å². The second kappa shape index (κ2) is 6.63. The number of nitrogens with zero attached hydrogens (tertiary/aromatic N) is 2. The van der Waals surface area contributed by atoms with Crippen LogP contribution in [0.5, 0.6) is 0 Å². The van der Waals surface area contributed by atoms with Crippen molar-refractivity contribution in [2.75, 3.05) is 33.2 Å². The highest BCUT2D eigenvalue weighted by atomic mass is 16.1. The molecule has 1 saturated carbocycles. The Kier molecular flexibility index (Phi) is 4.82. The van der Waals surface area contributed by atoms with Gasteiger partial charge in [-0.2, -0.15) is 0 Å². The summed E-state index contributed by atoms with van der Waals surface area (Å²) >= 11 is 0. The van der Waals surface area contributed by atoms with Crippen LogP contribution in [0.1, 0.15) is 39.0 Å². The van der Waals surface area contributed by atoms with E-state index in [0.29, 0.717) is 18.6 Å². The molecule has 5 heteroatoms. The first kappa shape index (κ1) is 15.3. The minimum absolute atomic E-state index is 0.131. The molecule has 3 rings (SSSR count). The van der Waals surface area contributed by atoms with Crippen LogP contribution < -0.4 is 10.6 Å². The molecule has 0 radical (unpaired) electrons. The molecule has 2 heterocycles. The van der Waals surface area contributed by atoms with Gasteiger partial charge in [-0.05, 0) is 39.0 Å². The van der Waals surface area contributed by atoms with Crippen LogP contribution >= 0.6 is 0 Å². The number of piperidine rings is 1. The van der Waals surface area contributed by atoms with Crippen LogP contribution in [0.4, 0.5) is 0 Å². The van der Waals surface area contributed by atoms with Crippen molar-refractivity contribution in [3.05, 3.63) is 0 Å². The Labute approximate surface area is 128 Å². The highest BCUT2D eigenvalue weighted by Gasteiger charge is 2.39. The normalized spacial score (nSPS) is 32.5. The van der Waals surface area contributed by atoms with E-state index in [0.717, 1.165) is 25.2 Å². The molecule has 1 aliphatic carbocycles. The minimum Gasteiger partial charge on any atom is -0.358 e. The van der Waals surface area contributed by atoms with Gasteiger partial charge in [0.1, 0.15) is 0 Å². The minimum atomic E-state index is 0.131. The molecule has 2 saturated heterocycles. The molecular formula is C16H30N4O. The van der Waals surface area contributed by atoms with Crippen LogP contribution in [0.2, 0.25) is 0 Å². The molecule has 0 spiro atoms. The monoisotopic (exact) mass is 294 g/mol. The second-order valence-corrected chi connectivity index (χ2v) is 7.10. The zero-order valence-corrected chi connectivity index (χ0v) is 13.5. The van der Waals surface area contributed by atoms with Gasteiger partial charge >= 0.3 is 0 Å². The summed E-state index contributed by atoms with van der Waals surface area (Å²) in [4.78, 5) is 16.4. The third-order valence-electron chi connectivity index (χ3n) is 5.34. The average molecular weight is 294 g/mol. The average Bonchev–Trinajstić information content (AvgIpc) is 3.25. The summed E-state index contributed by atoms with van der Waals surface area (Å²) in [6, 6.07) is 2.96. The van der Waals surface area contributed by atoms with E-state index in [-0.39, 0.29) is 5.91 Å². The van der Waals surface area contributed by atoms with Gasteiger partial charge in [-0.3, -0.25) is 14.6 Å².